The number of benzene rings is 1. The molecule has 0 aliphatic carbocycles. The van der Waals surface area contributed by atoms with Crippen molar-refractivity contribution in [1.82, 2.24) is 20.1 Å². The zero-order valence-corrected chi connectivity index (χ0v) is 15.8. The molecule has 0 spiro atoms. The number of hydrogen-bond acceptors (Lipinski definition) is 5. The van der Waals surface area contributed by atoms with Crippen LogP contribution in [-0.2, 0) is 18.4 Å². The lowest BCUT2D eigenvalue weighted by Crippen LogP contribution is -2.22. The van der Waals surface area contributed by atoms with Crippen LogP contribution in [0.4, 0.5) is 0 Å². The summed E-state index contributed by atoms with van der Waals surface area (Å²) >= 11 is 1.67. The number of methoxy groups -OCH3 is 1. The van der Waals surface area contributed by atoms with Crippen LogP contribution in [0.3, 0.4) is 0 Å². The molecule has 1 heterocycles. The van der Waals surface area contributed by atoms with Crippen molar-refractivity contribution in [3.63, 3.8) is 0 Å². The van der Waals surface area contributed by atoms with Crippen LogP contribution in [0.5, 0.6) is 5.75 Å². The van der Waals surface area contributed by atoms with Crippen LogP contribution in [-0.4, -0.2) is 33.5 Å². The number of rotatable bonds is 8. The molecule has 0 aliphatic heterocycles. The Morgan fingerprint density at radius 1 is 1.32 bits per heavy atom. The number of carbonyl (C=O) groups excluding carboxylic acids is 1. The van der Waals surface area contributed by atoms with E-state index in [9.17, 15) is 4.79 Å². The largest absolute Gasteiger partial charge is 0.497 e. The molecule has 0 fully saturated rings. The highest BCUT2D eigenvalue weighted by molar-refractivity contribution is 7.99. The van der Waals surface area contributed by atoms with Crippen LogP contribution in [0, 0.1) is 5.92 Å². The van der Waals surface area contributed by atoms with Gasteiger partial charge >= 0.3 is 0 Å². The van der Waals surface area contributed by atoms with Gasteiger partial charge in [0.2, 0.25) is 5.91 Å². The minimum atomic E-state index is -0.171. The van der Waals surface area contributed by atoms with Crippen LogP contribution in [0.15, 0.2) is 35.5 Å². The summed E-state index contributed by atoms with van der Waals surface area (Å²) in [4.78, 5) is 12.0. The Kier molecular flexibility index (Phi) is 7.06. The SMILES string of the molecule is COc1ccc(/C=C/C(=O)NCc2nnc(SCC(C)C)n2C)cc1. The lowest BCUT2D eigenvalue weighted by Gasteiger charge is -2.05. The molecule has 0 aliphatic rings. The summed E-state index contributed by atoms with van der Waals surface area (Å²) in [7, 11) is 3.54. The Hall–Kier alpha value is -2.28. The van der Waals surface area contributed by atoms with Gasteiger partial charge in [-0.2, -0.15) is 0 Å². The third-order valence-electron chi connectivity index (χ3n) is 3.43. The van der Waals surface area contributed by atoms with Gasteiger partial charge < -0.3 is 14.6 Å². The molecule has 0 radical (unpaired) electrons. The van der Waals surface area contributed by atoms with Crippen molar-refractivity contribution in [3.05, 3.63) is 41.7 Å². The average molecular weight is 360 g/mol. The van der Waals surface area contributed by atoms with Gasteiger partial charge in [-0.25, -0.2) is 0 Å². The zero-order valence-electron chi connectivity index (χ0n) is 15.0. The van der Waals surface area contributed by atoms with Crippen molar-refractivity contribution in [2.45, 2.75) is 25.5 Å². The maximum Gasteiger partial charge on any atom is 0.244 e. The van der Waals surface area contributed by atoms with Crippen LogP contribution in [0.25, 0.3) is 6.08 Å². The maximum absolute atomic E-state index is 12.0. The van der Waals surface area contributed by atoms with Gasteiger partial charge in [-0.3, -0.25) is 4.79 Å². The van der Waals surface area contributed by atoms with Gasteiger partial charge in [-0.05, 0) is 29.7 Å². The third kappa shape index (κ3) is 5.94. The lowest BCUT2D eigenvalue weighted by molar-refractivity contribution is -0.116. The van der Waals surface area contributed by atoms with Crippen molar-refractivity contribution < 1.29 is 9.53 Å². The fourth-order valence-corrected chi connectivity index (χ4v) is 2.86. The molecule has 1 N–H and O–H groups in total. The van der Waals surface area contributed by atoms with Gasteiger partial charge in [-0.15, -0.1) is 10.2 Å². The zero-order chi connectivity index (χ0) is 18.2. The highest BCUT2D eigenvalue weighted by Gasteiger charge is 2.10. The predicted octanol–water partition coefficient (Wildman–Crippen LogP) is 2.90. The van der Waals surface area contributed by atoms with E-state index in [0.29, 0.717) is 12.5 Å². The molecule has 0 atom stereocenters. The summed E-state index contributed by atoms with van der Waals surface area (Å²) in [6.45, 7) is 4.68. The molecule has 1 aromatic heterocycles. The van der Waals surface area contributed by atoms with Crippen LogP contribution < -0.4 is 10.1 Å². The molecule has 1 aromatic carbocycles. The van der Waals surface area contributed by atoms with Gasteiger partial charge in [0.1, 0.15) is 5.75 Å². The monoisotopic (exact) mass is 360 g/mol. The predicted molar refractivity (Wildman–Crippen MR) is 100 cm³/mol. The van der Waals surface area contributed by atoms with Gasteiger partial charge in [0, 0.05) is 18.9 Å². The number of carbonyl (C=O) groups is 1. The van der Waals surface area contributed by atoms with Gasteiger partial charge in [0.15, 0.2) is 11.0 Å². The number of aromatic nitrogens is 3. The third-order valence-corrected chi connectivity index (χ3v) is 4.88. The summed E-state index contributed by atoms with van der Waals surface area (Å²) < 4.78 is 7.02. The molecule has 0 unspecified atom stereocenters. The van der Waals surface area contributed by atoms with Crippen molar-refractivity contribution in [1.29, 1.82) is 0 Å². The number of hydrogen-bond donors (Lipinski definition) is 1. The summed E-state index contributed by atoms with van der Waals surface area (Å²) in [5.41, 5.74) is 0.932. The standard InChI is InChI=1S/C18H24N4O2S/c1-13(2)12-25-18-21-20-16(22(18)3)11-19-17(23)10-7-14-5-8-15(24-4)9-6-14/h5-10,13H,11-12H2,1-4H3,(H,19,23)/b10-7+. The molecule has 0 saturated heterocycles. The van der Waals surface area contributed by atoms with E-state index in [1.807, 2.05) is 35.9 Å². The molecule has 2 rings (SSSR count). The average Bonchev–Trinajstić information content (AvgIpc) is 2.96. The molecule has 2 aromatic rings. The fraction of sp³-hybridized carbons (Fsp3) is 0.389. The number of nitrogens with one attached hydrogen (secondary N) is 1. The molecule has 7 heteroatoms. The van der Waals surface area contributed by atoms with Crippen LogP contribution >= 0.6 is 11.8 Å². The van der Waals surface area contributed by atoms with Gasteiger partial charge in [0.05, 0.1) is 13.7 Å². The van der Waals surface area contributed by atoms with Gasteiger partial charge in [0.25, 0.3) is 0 Å². The van der Waals surface area contributed by atoms with Crippen molar-refractivity contribution >= 4 is 23.7 Å². The Labute approximate surface area is 152 Å². The van der Waals surface area contributed by atoms with Gasteiger partial charge in [-0.1, -0.05) is 37.7 Å². The van der Waals surface area contributed by atoms with E-state index in [4.69, 9.17) is 4.74 Å². The Morgan fingerprint density at radius 2 is 2.04 bits per heavy atom. The van der Waals surface area contributed by atoms with E-state index >= 15 is 0 Å². The van der Waals surface area contributed by atoms with E-state index in [1.54, 1.807) is 24.9 Å². The topological polar surface area (TPSA) is 69.0 Å². The first-order valence-electron chi connectivity index (χ1n) is 8.10. The van der Waals surface area contributed by atoms with E-state index in [2.05, 4.69) is 29.4 Å². The molecule has 0 saturated carbocycles. The van der Waals surface area contributed by atoms with Crippen molar-refractivity contribution in [2.75, 3.05) is 12.9 Å². The second-order valence-corrected chi connectivity index (χ2v) is 6.97. The van der Waals surface area contributed by atoms with Crippen LogP contribution in [0.1, 0.15) is 25.2 Å². The number of thioether (sulfide) groups is 1. The molecule has 25 heavy (non-hydrogen) atoms. The van der Waals surface area contributed by atoms with Crippen molar-refractivity contribution in [3.8, 4) is 5.75 Å². The smallest absolute Gasteiger partial charge is 0.244 e. The Bertz CT molecular complexity index is 723. The molecule has 1 amide bonds. The van der Waals surface area contributed by atoms with E-state index < -0.39 is 0 Å². The molecule has 6 nitrogen and oxygen atoms in total. The Balaban J connectivity index is 1.86. The Morgan fingerprint density at radius 3 is 2.68 bits per heavy atom. The van der Waals surface area contributed by atoms with E-state index in [0.717, 1.165) is 28.0 Å². The minimum absolute atomic E-state index is 0.171. The second-order valence-electron chi connectivity index (χ2n) is 5.99. The number of ether oxygens (including phenoxy) is 1. The summed E-state index contributed by atoms with van der Waals surface area (Å²) in [5, 5.41) is 12.0. The highest BCUT2D eigenvalue weighted by atomic mass is 32.2. The first kappa shape index (κ1) is 19.1. The number of nitrogens with zero attached hydrogens (tertiary/aromatic N) is 3. The summed E-state index contributed by atoms with van der Waals surface area (Å²) in [6.07, 6.45) is 3.27. The minimum Gasteiger partial charge on any atom is -0.497 e. The van der Waals surface area contributed by atoms with E-state index in [1.165, 1.54) is 6.08 Å². The summed E-state index contributed by atoms with van der Waals surface area (Å²) in [6, 6.07) is 7.49. The normalized spacial score (nSPS) is 11.2. The maximum atomic E-state index is 12.0. The molecular weight excluding hydrogens is 336 g/mol. The quantitative estimate of drug-likeness (QED) is 0.579. The molecular formula is C18H24N4O2S. The molecule has 134 valence electrons. The highest BCUT2D eigenvalue weighted by Crippen LogP contribution is 2.18. The second kappa shape index (κ2) is 9.27. The first-order chi connectivity index (χ1) is 12.0. The molecule has 0 bridgehead atoms. The lowest BCUT2D eigenvalue weighted by atomic mass is 10.2. The van der Waals surface area contributed by atoms with Crippen molar-refractivity contribution in [2.24, 2.45) is 13.0 Å². The summed E-state index contributed by atoms with van der Waals surface area (Å²) in [5.74, 6) is 2.93. The fourth-order valence-electron chi connectivity index (χ4n) is 1.98. The first-order valence-corrected chi connectivity index (χ1v) is 9.09. The van der Waals surface area contributed by atoms with E-state index in [-0.39, 0.29) is 5.91 Å². The van der Waals surface area contributed by atoms with Crippen LogP contribution in [0.2, 0.25) is 0 Å². The number of amides is 1.